The Labute approximate surface area is 116 Å². The molecule has 2 aromatic rings. The molecule has 0 unspecified atom stereocenters. The van der Waals surface area contributed by atoms with Crippen LogP contribution in [0.4, 0.5) is 0 Å². The Kier molecular flexibility index (Phi) is 3.68. The Morgan fingerprint density at radius 2 is 1.95 bits per heavy atom. The Morgan fingerprint density at radius 1 is 1.25 bits per heavy atom. The molecule has 1 aromatic carbocycles. The SMILES string of the molecule is CC(C)(CN)NS(=O)(=O)c1ccc2oc(=O)ccc2c1. The lowest BCUT2D eigenvalue weighted by molar-refractivity contribution is 0.462. The molecule has 0 aliphatic rings. The van der Waals surface area contributed by atoms with E-state index < -0.39 is 21.2 Å². The third kappa shape index (κ3) is 3.06. The van der Waals surface area contributed by atoms with Gasteiger partial charge >= 0.3 is 5.63 Å². The van der Waals surface area contributed by atoms with E-state index in [0.717, 1.165) is 0 Å². The van der Waals surface area contributed by atoms with Gasteiger partial charge in [-0.3, -0.25) is 0 Å². The van der Waals surface area contributed by atoms with Crippen molar-refractivity contribution in [2.75, 3.05) is 6.54 Å². The Bertz CT molecular complexity index is 793. The zero-order valence-corrected chi connectivity index (χ0v) is 12.0. The maximum atomic E-state index is 12.3. The Morgan fingerprint density at radius 3 is 2.60 bits per heavy atom. The summed E-state index contributed by atoms with van der Waals surface area (Å²) in [6.45, 7) is 3.57. The predicted molar refractivity (Wildman–Crippen MR) is 75.9 cm³/mol. The van der Waals surface area contributed by atoms with Crippen molar-refractivity contribution in [2.45, 2.75) is 24.3 Å². The highest BCUT2D eigenvalue weighted by molar-refractivity contribution is 7.89. The summed E-state index contributed by atoms with van der Waals surface area (Å²) in [5.41, 5.74) is 4.65. The summed E-state index contributed by atoms with van der Waals surface area (Å²) >= 11 is 0. The summed E-state index contributed by atoms with van der Waals surface area (Å²) in [5, 5.41) is 0.540. The molecule has 0 fully saturated rings. The average Bonchev–Trinajstić information content (AvgIpc) is 2.37. The summed E-state index contributed by atoms with van der Waals surface area (Å²) < 4.78 is 32.0. The normalized spacial score (nSPS) is 12.8. The third-order valence-corrected chi connectivity index (χ3v) is 4.52. The molecule has 0 saturated carbocycles. The van der Waals surface area contributed by atoms with Crippen LogP contribution in [0.2, 0.25) is 0 Å². The van der Waals surface area contributed by atoms with E-state index in [1.54, 1.807) is 13.8 Å². The van der Waals surface area contributed by atoms with Gasteiger partial charge in [-0.1, -0.05) is 0 Å². The van der Waals surface area contributed by atoms with Gasteiger partial charge in [0.1, 0.15) is 5.58 Å². The molecule has 0 amide bonds. The molecule has 0 aliphatic carbocycles. The zero-order chi connectivity index (χ0) is 15.0. The predicted octanol–water partition coefficient (Wildman–Crippen LogP) is 0.809. The first-order valence-corrected chi connectivity index (χ1v) is 7.50. The second-order valence-corrected chi connectivity index (χ2v) is 6.83. The Hall–Kier alpha value is -1.70. The van der Waals surface area contributed by atoms with Crippen molar-refractivity contribution in [3.05, 3.63) is 40.8 Å². The maximum absolute atomic E-state index is 12.3. The molecule has 0 spiro atoms. The van der Waals surface area contributed by atoms with Crippen LogP contribution < -0.4 is 16.1 Å². The van der Waals surface area contributed by atoms with Gasteiger partial charge in [0.25, 0.3) is 0 Å². The lowest BCUT2D eigenvalue weighted by atomic mass is 10.1. The van der Waals surface area contributed by atoms with Crippen molar-refractivity contribution in [3.8, 4) is 0 Å². The van der Waals surface area contributed by atoms with Crippen molar-refractivity contribution in [2.24, 2.45) is 5.73 Å². The van der Waals surface area contributed by atoms with Crippen LogP contribution in [-0.2, 0) is 10.0 Å². The van der Waals surface area contributed by atoms with Crippen LogP contribution in [0.15, 0.2) is 44.4 Å². The number of nitrogens with one attached hydrogen (secondary N) is 1. The van der Waals surface area contributed by atoms with Crippen LogP contribution in [-0.4, -0.2) is 20.5 Å². The standard InChI is InChI=1S/C13H16N2O4S/c1-13(2,8-14)15-20(17,18)10-4-5-11-9(7-10)3-6-12(16)19-11/h3-7,15H,8,14H2,1-2H3. The average molecular weight is 296 g/mol. The largest absolute Gasteiger partial charge is 0.423 e. The molecular formula is C13H16N2O4S. The van der Waals surface area contributed by atoms with Gasteiger partial charge in [0, 0.05) is 23.5 Å². The van der Waals surface area contributed by atoms with Crippen LogP contribution in [0.3, 0.4) is 0 Å². The zero-order valence-electron chi connectivity index (χ0n) is 11.2. The van der Waals surface area contributed by atoms with Crippen molar-refractivity contribution in [3.63, 3.8) is 0 Å². The van der Waals surface area contributed by atoms with Gasteiger partial charge in [0.15, 0.2) is 0 Å². The van der Waals surface area contributed by atoms with Gasteiger partial charge < -0.3 is 10.2 Å². The van der Waals surface area contributed by atoms with Crippen LogP contribution in [0, 0.1) is 0 Å². The van der Waals surface area contributed by atoms with E-state index in [0.29, 0.717) is 11.0 Å². The molecule has 0 radical (unpaired) electrons. The second-order valence-electron chi connectivity index (χ2n) is 5.15. The summed E-state index contributed by atoms with van der Waals surface area (Å²) in [4.78, 5) is 11.2. The summed E-state index contributed by atoms with van der Waals surface area (Å²) in [5.74, 6) is 0. The number of hydrogen-bond acceptors (Lipinski definition) is 5. The smallest absolute Gasteiger partial charge is 0.336 e. The van der Waals surface area contributed by atoms with Crippen LogP contribution in [0.5, 0.6) is 0 Å². The minimum atomic E-state index is -3.68. The van der Waals surface area contributed by atoms with Crippen molar-refractivity contribution in [1.82, 2.24) is 4.72 Å². The Balaban J connectivity index is 2.47. The third-order valence-electron chi connectivity index (χ3n) is 2.82. The van der Waals surface area contributed by atoms with Gasteiger partial charge in [-0.15, -0.1) is 0 Å². The molecule has 108 valence electrons. The highest BCUT2D eigenvalue weighted by Crippen LogP contribution is 2.19. The van der Waals surface area contributed by atoms with E-state index in [1.807, 2.05) is 0 Å². The fraction of sp³-hybridized carbons (Fsp3) is 0.308. The van der Waals surface area contributed by atoms with Crippen molar-refractivity contribution < 1.29 is 12.8 Å². The fourth-order valence-electron chi connectivity index (χ4n) is 1.68. The van der Waals surface area contributed by atoms with Crippen LogP contribution in [0.1, 0.15) is 13.8 Å². The highest BCUT2D eigenvalue weighted by Gasteiger charge is 2.25. The lowest BCUT2D eigenvalue weighted by Gasteiger charge is -2.23. The van der Waals surface area contributed by atoms with Gasteiger partial charge in [-0.05, 0) is 38.1 Å². The molecule has 0 atom stereocenters. The quantitative estimate of drug-likeness (QED) is 0.813. The minimum absolute atomic E-state index is 0.0976. The monoisotopic (exact) mass is 296 g/mol. The molecule has 6 nitrogen and oxygen atoms in total. The van der Waals surface area contributed by atoms with E-state index in [1.165, 1.54) is 30.3 Å². The number of nitrogens with two attached hydrogens (primary N) is 1. The van der Waals surface area contributed by atoms with Gasteiger partial charge in [0.2, 0.25) is 10.0 Å². The van der Waals surface area contributed by atoms with Crippen LogP contribution >= 0.6 is 0 Å². The molecule has 1 aromatic heterocycles. The first kappa shape index (κ1) is 14.7. The highest BCUT2D eigenvalue weighted by atomic mass is 32.2. The molecule has 3 N–H and O–H groups in total. The summed E-state index contributed by atoms with van der Waals surface area (Å²) in [6, 6.07) is 7.07. The molecule has 1 heterocycles. The first-order chi connectivity index (χ1) is 9.23. The number of benzene rings is 1. The number of rotatable bonds is 4. The maximum Gasteiger partial charge on any atom is 0.336 e. The van der Waals surface area contributed by atoms with E-state index in [-0.39, 0.29) is 11.4 Å². The molecule has 7 heteroatoms. The van der Waals surface area contributed by atoms with E-state index in [9.17, 15) is 13.2 Å². The molecule has 0 saturated heterocycles. The van der Waals surface area contributed by atoms with E-state index >= 15 is 0 Å². The van der Waals surface area contributed by atoms with Crippen LogP contribution in [0.25, 0.3) is 11.0 Å². The topological polar surface area (TPSA) is 102 Å². The van der Waals surface area contributed by atoms with Crippen molar-refractivity contribution >= 4 is 21.0 Å². The number of hydrogen-bond donors (Lipinski definition) is 2. The molecular weight excluding hydrogens is 280 g/mol. The number of fused-ring (bicyclic) bond motifs is 1. The molecule has 2 rings (SSSR count). The molecule has 0 bridgehead atoms. The van der Waals surface area contributed by atoms with E-state index in [2.05, 4.69) is 4.72 Å². The fourth-order valence-corrected chi connectivity index (χ4v) is 3.14. The number of sulfonamides is 1. The summed E-state index contributed by atoms with van der Waals surface area (Å²) in [7, 11) is -3.68. The lowest BCUT2D eigenvalue weighted by Crippen LogP contribution is -2.48. The molecule has 0 aliphatic heterocycles. The second kappa shape index (κ2) is 5.01. The van der Waals surface area contributed by atoms with E-state index in [4.69, 9.17) is 10.2 Å². The molecule has 20 heavy (non-hydrogen) atoms. The minimum Gasteiger partial charge on any atom is -0.423 e. The summed E-state index contributed by atoms with van der Waals surface area (Å²) in [6.07, 6.45) is 0. The van der Waals surface area contributed by atoms with Crippen molar-refractivity contribution in [1.29, 1.82) is 0 Å². The van der Waals surface area contributed by atoms with Gasteiger partial charge in [-0.2, -0.15) is 0 Å². The van der Waals surface area contributed by atoms with Gasteiger partial charge in [-0.25, -0.2) is 17.9 Å². The van der Waals surface area contributed by atoms with Gasteiger partial charge in [0.05, 0.1) is 4.90 Å². The first-order valence-electron chi connectivity index (χ1n) is 6.01.